The van der Waals surface area contributed by atoms with Gasteiger partial charge in [0.05, 0.1) is 34.5 Å². The number of fused-ring (bicyclic) bond motifs is 1. The summed E-state index contributed by atoms with van der Waals surface area (Å²) in [6.45, 7) is 2.03. The van der Waals surface area contributed by atoms with Crippen LogP contribution in [0.3, 0.4) is 0 Å². The summed E-state index contributed by atoms with van der Waals surface area (Å²) >= 11 is 9.50. The molecular weight excluding hydrogens is 560 g/mol. The fourth-order valence-corrected chi connectivity index (χ4v) is 6.12. The third kappa shape index (κ3) is 5.37. The second-order valence-corrected chi connectivity index (χ2v) is 11.2. The van der Waals surface area contributed by atoms with Crippen molar-refractivity contribution in [3.63, 3.8) is 0 Å². The Balaban J connectivity index is 1.57. The van der Waals surface area contributed by atoms with Gasteiger partial charge in [-0.1, -0.05) is 23.7 Å². The zero-order valence-electron chi connectivity index (χ0n) is 19.1. The molecule has 4 rings (SSSR count). The van der Waals surface area contributed by atoms with Crippen molar-refractivity contribution in [2.24, 2.45) is 0 Å². The van der Waals surface area contributed by atoms with E-state index in [0.717, 1.165) is 17.7 Å². The molecule has 12 heteroatoms. The first-order valence-corrected chi connectivity index (χ1v) is 13.6. The van der Waals surface area contributed by atoms with Crippen molar-refractivity contribution < 1.29 is 22.7 Å². The van der Waals surface area contributed by atoms with Crippen molar-refractivity contribution in [3.8, 4) is 11.6 Å². The summed E-state index contributed by atoms with van der Waals surface area (Å²) in [5.74, 6) is 0.223. The molecule has 0 radical (unpaired) electrons. The van der Waals surface area contributed by atoms with E-state index < -0.39 is 16.1 Å². The number of nitrogens with zero attached hydrogens (tertiary/aromatic N) is 4. The minimum Gasteiger partial charge on any atom is -0.465 e. The molecule has 9 nitrogen and oxygen atoms in total. The molecule has 1 unspecified atom stereocenters. The van der Waals surface area contributed by atoms with Gasteiger partial charge in [-0.3, -0.25) is 9.48 Å². The molecule has 2 aromatic heterocycles. The van der Waals surface area contributed by atoms with E-state index in [1.165, 1.54) is 16.6 Å². The number of hydrogen-bond donors (Lipinski definition) is 0. The molecule has 1 aliphatic carbocycles. The van der Waals surface area contributed by atoms with Crippen LogP contribution in [0.1, 0.15) is 37.1 Å². The maximum Gasteiger partial charge on any atom is 0.327 e. The monoisotopic (exact) mass is 582 g/mol. The number of para-hydroxylation sites is 1. The van der Waals surface area contributed by atoms with Crippen LogP contribution in [0.2, 0.25) is 5.02 Å². The molecule has 1 aromatic carbocycles. The van der Waals surface area contributed by atoms with Gasteiger partial charge < -0.3 is 9.47 Å². The van der Waals surface area contributed by atoms with E-state index >= 15 is 0 Å². The Morgan fingerprint density at radius 1 is 1.31 bits per heavy atom. The normalized spacial score (nSPS) is 15.6. The maximum absolute atomic E-state index is 13.5. The van der Waals surface area contributed by atoms with Crippen LogP contribution in [0.4, 0.5) is 0 Å². The Kier molecular flexibility index (Phi) is 7.80. The molecule has 0 saturated carbocycles. The Labute approximate surface area is 217 Å². The number of benzene rings is 1. The van der Waals surface area contributed by atoms with Crippen molar-refractivity contribution in [1.29, 1.82) is 0 Å². The molecule has 0 saturated heterocycles. The highest BCUT2D eigenvalue weighted by Crippen LogP contribution is 2.38. The third-order valence-corrected chi connectivity index (χ3v) is 8.47. The van der Waals surface area contributed by atoms with Gasteiger partial charge in [-0.15, -0.1) is 0 Å². The van der Waals surface area contributed by atoms with Crippen LogP contribution in [0, 0.1) is 0 Å². The lowest BCUT2D eigenvalue weighted by Crippen LogP contribution is -2.33. The molecule has 2 heterocycles. The van der Waals surface area contributed by atoms with E-state index in [1.54, 1.807) is 49.1 Å². The summed E-state index contributed by atoms with van der Waals surface area (Å²) in [5, 5.41) is 4.74. The van der Waals surface area contributed by atoms with Crippen LogP contribution in [-0.2, 0) is 32.5 Å². The van der Waals surface area contributed by atoms with E-state index in [9.17, 15) is 13.2 Å². The Morgan fingerprint density at radius 2 is 2.09 bits per heavy atom. The van der Waals surface area contributed by atoms with Gasteiger partial charge in [-0.2, -0.15) is 9.40 Å². The third-order valence-electron chi connectivity index (χ3n) is 5.76. The van der Waals surface area contributed by atoms with Gasteiger partial charge >= 0.3 is 5.97 Å². The van der Waals surface area contributed by atoms with Gasteiger partial charge in [-0.25, -0.2) is 13.4 Å². The van der Waals surface area contributed by atoms with Crippen LogP contribution < -0.4 is 4.74 Å². The number of ether oxygens (including phenoxy) is 2. The average Bonchev–Trinajstić information content (AvgIpc) is 3.24. The predicted octanol–water partition coefficient (Wildman–Crippen LogP) is 4.75. The number of carbonyl (C=O) groups is 1. The number of rotatable bonds is 8. The molecular formula is C23H24BrClN4O5S. The van der Waals surface area contributed by atoms with Crippen molar-refractivity contribution in [2.45, 2.75) is 43.7 Å². The number of aromatic nitrogens is 3. The predicted molar refractivity (Wildman–Crippen MR) is 133 cm³/mol. The van der Waals surface area contributed by atoms with Crippen molar-refractivity contribution in [1.82, 2.24) is 19.1 Å². The number of pyridine rings is 1. The molecule has 0 amide bonds. The van der Waals surface area contributed by atoms with Crippen LogP contribution in [0.25, 0.3) is 0 Å². The van der Waals surface area contributed by atoms with E-state index in [0.29, 0.717) is 28.1 Å². The minimum absolute atomic E-state index is 0.00385. The Morgan fingerprint density at radius 3 is 2.80 bits per heavy atom. The van der Waals surface area contributed by atoms with E-state index in [2.05, 4.69) is 26.0 Å². The van der Waals surface area contributed by atoms with Crippen LogP contribution in [0.5, 0.6) is 11.6 Å². The topological polar surface area (TPSA) is 104 Å². The van der Waals surface area contributed by atoms with Crippen LogP contribution >= 0.6 is 27.5 Å². The fraction of sp³-hybridized carbons (Fsp3) is 0.348. The first-order valence-electron chi connectivity index (χ1n) is 11.0. The summed E-state index contributed by atoms with van der Waals surface area (Å²) in [7, 11) is -2.35. The highest BCUT2D eigenvalue weighted by molar-refractivity contribution is 9.10. The molecule has 35 heavy (non-hydrogen) atoms. The second-order valence-electron chi connectivity index (χ2n) is 7.93. The zero-order valence-corrected chi connectivity index (χ0v) is 22.3. The lowest BCUT2D eigenvalue weighted by atomic mass is 9.93. The smallest absolute Gasteiger partial charge is 0.327 e. The average molecular weight is 584 g/mol. The quantitative estimate of drug-likeness (QED) is 0.353. The summed E-state index contributed by atoms with van der Waals surface area (Å²) in [6.07, 6.45) is 5.00. The SMILES string of the molecule is CCOC(=O)Cn1ncc2c1CCCC2N(C)S(=O)(=O)c1cnc(Oc2ccccc2Cl)c(Br)c1. The van der Waals surface area contributed by atoms with Crippen molar-refractivity contribution in [2.75, 3.05) is 13.7 Å². The number of hydrogen-bond acceptors (Lipinski definition) is 7. The highest BCUT2D eigenvalue weighted by atomic mass is 79.9. The fourth-order valence-electron chi connectivity index (χ4n) is 4.03. The lowest BCUT2D eigenvalue weighted by Gasteiger charge is -2.30. The van der Waals surface area contributed by atoms with Crippen LogP contribution in [-0.4, -0.2) is 47.1 Å². The summed E-state index contributed by atoms with van der Waals surface area (Å²) in [6, 6.07) is 7.97. The van der Waals surface area contributed by atoms with E-state index in [-0.39, 0.29) is 29.9 Å². The number of carbonyl (C=O) groups excluding carboxylic acids is 1. The molecule has 0 spiro atoms. The molecule has 186 valence electrons. The van der Waals surface area contributed by atoms with E-state index in [1.807, 2.05) is 0 Å². The summed E-state index contributed by atoms with van der Waals surface area (Å²) < 4.78 is 41.0. The van der Waals surface area contributed by atoms with Gasteiger partial charge in [0.2, 0.25) is 15.9 Å². The molecule has 0 fully saturated rings. The first kappa shape index (κ1) is 25.6. The number of sulfonamides is 1. The first-order chi connectivity index (χ1) is 16.7. The lowest BCUT2D eigenvalue weighted by molar-refractivity contribution is -0.144. The Hall–Kier alpha value is -2.47. The maximum atomic E-state index is 13.5. The molecule has 0 N–H and O–H groups in total. The molecule has 1 atom stereocenters. The standard InChI is InChI=1S/C23H24BrClN4O5S/c1-3-33-22(30)14-29-20-9-6-8-19(16(20)13-27-29)28(2)35(31,32)15-11-17(24)23(26-12-15)34-21-10-5-4-7-18(21)25/h4-5,7,10-13,19H,3,6,8-9,14H2,1-2H3. The molecule has 3 aromatic rings. The zero-order chi connectivity index (χ0) is 25.2. The molecule has 0 aliphatic heterocycles. The minimum atomic E-state index is -3.89. The van der Waals surface area contributed by atoms with Gasteiger partial charge in [0.15, 0.2) is 0 Å². The summed E-state index contributed by atoms with van der Waals surface area (Å²) in [5.41, 5.74) is 1.64. The van der Waals surface area contributed by atoms with Crippen LogP contribution in [0.15, 0.2) is 52.1 Å². The number of halogens is 2. The van der Waals surface area contributed by atoms with Crippen molar-refractivity contribution >= 4 is 43.5 Å². The molecule has 1 aliphatic rings. The second kappa shape index (κ2) is 10.7. The summed E-state index contributed by atoms with van der Waals surface area (Å²) in [4.78, 5) is 16.2. The van der Waals surface area contributed by atoms with E-state index in [4.69, 9.17) is 21.1 Å². The highest BCUT2D eigenvalue weighted by Gasteiger charge is 2.35. The molecule has 0 bridgehead atoms. The largest absolute Gasteiger partial charge is 0.465 e. The van der Waals surface area contributed by atoms with Gasteiger partial charge in [-0.05, 0) is 60.3 Å². The van der Waals surface area contributed by atoms with Gasteiger partial charge in [0, 0.05) is 18.3 Å². The van der Waals surface area contributed by atoms with Crippen molar-refractivity contribution in [3.05, 3.63) is 63.5 Å². The van der Waals surface area contributed by atoms with Gasteiger partial charge in [0.1, 0.15) is 17.2 Å². The van der Waals surface area contributed by atoms with Gasteiger partial charge in [0.25, 0.3) is 0 Å². The Bertz CT molecular complexity index is 1350. The number of esters is 1.